The number of carbonyl (C=O) groups excluding carboxylic acids is 1. The van der Waals surface area contributed by atoms with Gasteiger partial charge in [-0.15, -0.1) is 0 Å². The summed E-state index contributed by atoms with van der Waals surface area (Å²) in [5.74, 6) is 0.153. The van der Waals surface area contributed by atoms with Crippen molar-refractivity contribution in [3.8, 4) is 0 Å². The number of nitrogens with zero attached hydrogens (tertiary/aromatic N) is 2. The Kier molecular flexibility index (Phi) is 3.51. The van der Waals surface area contributed by atoms with E-state index in [0.717, 1.165) is 24.0 Å². The van der Waals surface area contributed by atoms with E-state index in [1.807, 2.05) is 10.8 Å². The molecule has 0 saturated carbocycles. The summed E-state index contributed by atoms with van der Waals surface area (Å²) in [6.07, 6.45) is 6.03. The standard InChI is InChI=1S/C15H13ClN2O3/c16-12-5-4-11(14(6-12)18(20)21)8-17-7-10-2-1-3-15(19)13(10)9-17/h4-7,9H,1-3,8H2. The molecule has 108 valence electrons. The number of benzene rings is 1. The molecule has 0 unspecified atom stereocenters. The van der Waals surface area contributed by atoms with Gasteiger partial charge in [-0.3, -0.25) is 14.9 Å². The molecule has 0 radical (unpaired) electrons. The second-order valence-corrected chi connectivity index (χ2v) is 5.61. The largest absolute Gasteiger partial charge is 0.349 e. The maximum absolute atomic E-state index is 11.8. The molecule has 1 aromatic carbocycles. The first-order valence-corrected chi connectivity index (χ1v) is 7.07. The Balaban J connectivity index is 1.94. The summed E-state index contributed by atoms with van der Waals surface area (Å²) in [4.78, 5) is 22.5. The number of ketones is 1. The molecule has 0 N–H and O–H groups in total. The molecular weight excluding hydrogens is 292 g/mol. The molecule has 0 bridgehead atoms. The van der Waals surface area contributed by atoms with E-state index in [0.29, 0.717) is 23.6 Å². The summed E-state index contributed by atoms with van der Waals surface area (Å²) in [7, 11) is 0. The van der Waals surface area contributed by atoms with Gasteiger partial charge in [0.1, 0.15) is 0 Å². The molecule has 21 heavy (non-hydrogen) atoms. The SMILES string of the molecule is O=C1CCCc2cn(Cc3ccc(Cl)cc3[N+](=O)[O-])cc21. The highest BCUT2D eigenvalue weighted by Gasteiger charge is 2.20. The van der Waals surface area contributed by atoms with Crippen molar-refractivity contribution < 1.29 is 9.72 Å². The van der Waals surface area contributed by atoms with Crippen molar-refractivity contribution in [3.63, 3.8) is 0 Å². The summed E-state index contributed by atoms with van der Waals surface area (Å²) in [6, 6.07) is 4.64. The zero-order valence-electron chi connectivity index (χ0n) is 11.2. The molecule has 6 heteroatoms. The number of hydrogen-bond donors (Lipinski definition) is 0. The van der Waals surface area contributed by atoms with Crippen LogP contribution < -0.4 is 0 Å². The third-order valence-electron chi connectivity index (χ3n) is 3.71. The number of aromatic nitrogens is 1. The van der Waals surface area contributed by atoms with Crippen LogP contribution >= 0.6 is 11.6 Å². The minimum absolute atomic E-state index is 0.000462. The maximum Gasteiger partial charge on any atom is 0.275 e. The molecule has 0 fully saturated rings. The summed E-state index contributed by atoms with van der Waals surface area (Å²) in [6.45, 7) is 0.355. The van der Waals surface area contributed by atoms with Crippen LogP contribution in [0.4, 0.5) is 5.69 Å². The van der Waals surface area contributed by atoms with Gasteiger partial charge in [0, 0.05) is 41.0 Å². The van der Waals surface area contributed by atoms with Crippen molar-refractivity contribution >= 4 is 23.1 Å². The van der Waals surface area contributed by atoms with Crippen molar-refractivity contribution in [3.05, 3.63) is 62.4 Å². The minimum atomic E-state index is -0.435. The van der Waals surface area contributed by atoms with E-state index in [9.17, 15) is 14.9 Å². The van der Waals surface area contributed by atoms with Gasteiger partial charge < -0.3 is 4.57 Å². The number of nitro groups is 1. The van der Waals surface area contributed by atoms with Crippen molar-refractivity contribution in [1.29, 1.82) is 0 Å². The lowest BCUT2D eigenvalue weighted by Gasteiger charge is -2.07. The van der Waals surface area contributed by atoms with E-state index in [-0.39, 0.29) is 11.5 Å². The molecule has 3 rings (SSSR count). The number of carbonyl (C=O) groups is 1. The highest BCUT2D eigenvalue weighted by Crippen LogP contribution is 2.26. The monoisotopic (exact) mass is 304 g/mol. The van der Waals surface area contributed by atoms with E-state index in [4.69, 9.17) is 11.6 Å². The number of nitro benzene ring substituents is 1. The molecule has 5 nitrogen and oxygen atoms in total. The average Bonchev–Trinajstić information content (AvgIpc) is 2.85. The molecule has 1 aliphatic rings. The van der Waals surface area contributed by atoms with E-state index in [2.05, 4.69) is 0 Å². The summed E-state index contributed by atoms with van der Waals surface area (Å²) < 4.78 is 1.84. The Labute approximate surface area is 126 Å². The van der Waals surface area contributed by atoms with Gasteiger partial charge in [0.05, 0.1) is 11.5 Å². The van der Waals surface area contributed by atoms with E-state index >= 15 is 0 Å². The van der Waals surface area contributed by atoms with Gasteiger partial charge in [-0.1, -0.05) is 11.6 Å². The Morgan fingerprint density at radius 3 is 2.81 bits per heavy atom. The van der Waals surface area contributed by atoms with Crippen LogP contribution in [0, 0.1) is 10.1 Å². The maximum atomic E-state index is 11.8. The van der Waals surface area contributed by atoms with Crippen LogP contribution in [0.25, 0.3) is 0 Å². The van der Waals surface area contributed by atoms with Gasteiger partial charge in [-0.05, 0) is 30.5 Å². The Bertz CT molecular complexity index is 737. The lowest BCUT2D eigenvalue weighted by atomic mass is 9.95. The fourth-order valence-corrected chi connectivity index (χ4v) is 2.88. The number of fused-ring (bicyclic) bond motifs is 1. The summed E-state index contributed by atoms with van der Waals surface area (Å²) in [5, 5.41) is 11.4. The predicted octanol–water partition coefficient (Wildman–Crippen LogP) is 3.62. The number of hydrogen-bond acceptors (Lipinski definition) is 3. The Morgan fingerprint density at radius 2 is 2.10 bits per heavy atom. The van der Waals surface area contributed by atoms with Gasteiger partial charge in [0.2, 0.25) is 0 Å². The third-order valence-corrected chi connectivity index (χ3v) is 3.94. The normalized spacial score (nSPS) is 14.0. The van der Waals surface area contributed by atoms with E-state index in [1.165, 1.54) is 6.07 Å². The average molecular weight is 305 g/mol. The highest BCUT2D eigenvalue weighted by atomic mass is 35.5. The fourth-order valence-electron chi connectivity index (χ4n) is 2.71. The van der Waals surface area contributed by atoms with Gasteiger partial charge >= 0.3 is 0 Å². The van der Waals surface area contributed by atoms with Crippen molar-refractivity contribution in [1.82, 2.24) is 4.57 Å². The van der Waals surface area contributed by atoms with E-state index < -0.39 is 4.92 Å². The van der Waals surface area contributed by atoms with Gasteiger partial charge in [-0.2, -0.15) is 0 Å². The van der Waals surface area contributed by atoms with Crippen LogP contribution in [0.5, 0.6) is 0 Å². The lowest BCUT2D eigenvalue weighted by molar-refractivity contribution is -0.385. The first-order chi connectivity index (χ1) is 10.0. The quantitative estimate of drug-likeness (QED) is 0.642. The second kappa shape index (κ2) is 5.33. The number of halogens is 1. The molecule has 1 aromatic heterocycles. The first kappa shape index (κ1) is 13.8. The summed E-state index contributed by atoms with van der Waals surface area (Å²) in [5.41, 5.74) is 2.35. The molecule has 0 atom stereocenters. The second-order valence-electron chi connectivity index (χ2n) is 5.18. The Hall–Kier alpha value is -2.14. The number of rotatable bonds is 3. The molecule has 0 amide bonds. The lowest BCUT2D eigenvalue weighted by Crippen LogP contribution is -2.07. The molecule has 1 heterocycles. The minimum Gasteiger partial charge on any atom is -0.349 e. The van der Waals surface area contributed by atoms with Crippen LogP contribution in [0.3, 0.4) is 0 Å². The molecule has 0 aliphatic heterocycles. The first-order valence-electron chi connectivity index (χ1n) is 6.69. The zero-order valence-corrected chi connectivity index (χ0v) is 12.0. The highest BCUT2D eigenvalue weighted by molar-refractivity contribution is 6.30. The molecule has 2 aromatic rings. The van der Waals surface area contributed by atoms with Gasteiger partial charge in [-0.25, -0.2) is 0 Å². The van der Waals surface area contributed by atoms with Crippen LogP contribution in [0.15, 0.2) is 30.6 Å². The van der Waals surface area contributed by atoms with Crippen molar-refractivity contribution in [2.75, 3.05) is 0 Å². The van der Waals surface area contributed by atoms with Gasteiger partial charge in [0.15, 0.2) is 5.78 Å². The summed E-state index contributed by atoms with van der Waals surface area (Å²) >= 11 is 5.81. The Morgan fingerprint density at radius 1 is 1.29 bits per heavy atom. The van der Waals surface area contributed by atoms with Crippen molar-refractivity contribution in [2.45, 2.75) is 25.8 Å². The van der Waals surface area contributed by atoms with Crippen molar-refractivity contribution in [2.24, 2.45) is 0 Å². The van der Waals surface area contributed by atoms with Crippen LogP contribution in [-0.4, -0.2) is 15.3 Å². The smallest absolute Gasteiger partial charge is 0.275 e. The number of Topliss-reactive ketones (excluding diaryl/α,β-unsaturated/α-hetero) is 1. The molecule has 1 aliphatic carbocycles. The fraction of sp³-hybridized carbons (Fsp3) is 0.267. The number of aryl methyl sites for hydroxylation is 1. The van der Waals surface area contributed by atoms with Crippen LogP contribution in [0.2, 0.25) is 5.02 Å². The third kappa shape index (κ3) is 2.69. The zero-order chi connectivity index (χ0) is 15.0. The van der Waals surface area contributed by atoms with E-state index in [1.54, 1.807) is 18.3 Å². The topological polar surface area (TPSA) is 65.1 Å². The van der Waals surface area contributed by atoms with Gasteiger partial charge in [0.25, 0.3) is 5.69 Å². The molecule has 0 spiro atoms. The molecule has 0 saturated heterocycles. The predicted molar refractivity (Wildman–Crippen MR) is 78.9 cm³/mol. The van der Waals surface area contributed by atoms with Crippen LogP contribution in [-0.2, 0) is 13.0 Å². The van der Waals surface area contributed by atoms with Crippen LogP contribution in [0.1, 0.15) is 34.3 Å². The molecular formula is C15H13ClN2O3.